The molecule has 1 aromatic heterocycles. The van der Waals surface area contributed by atoms with Gasteiger partial charge in [0.25, 0.3) is 5.91 Å². The molecule has 4 rings (SSSR count). The topological polar surface area (TPSA) is 148 Å². The number of amides is 1. The van der Waals surface area contributed by atoms with E-state index >= 15 is 0 Å². The first-order valence-electron chi connectivity index (χ1n) is 15.4. The first-order chi connectivity index (χ1) is 21.1. The fraction of sp³-hybridized carbons (Fsp3) is 0.500. The predicted molar refractivity (Wildman–Crippen MR) is 171 cm³/mol. The average Bonchev–Trinajstić information content (AvgIpc) is 3.03. The molecular weight excluding hydrogens is 544 g/mol. The van der Waals surface area contributed by atoms with Crippen molar-refractivity contribution in [2.45, 2.75) is 39.0 Å². The molecule has 1 fully saturated rings. The Labute approximate surface area is 254 Å². The number of hydrogen-bond donors (Lipinski definition) is 5. The SMILES string of the molecule is CC1CCC(CNc2nc(NCCc3ccccc3)nc(Nc3ccc(C(=O)NCCOCCOCCN)cc3)n2)CC1. The van der Waals surface area contributed by atoms with Gasteiger partial charge in [-0.25, -0.2) is 0 Å². The van der Waals surface area contributed by atoms with Gasteiger partial charge in [0.1, 0.15) is 0 Å². The van der Waals surface area contributed by atoms with E-state index in [0.717, 1.165) is 24.6 Å². The highest BCUT2D eigenvalue weighted by atomic mass is 16.5. The highest BCUT2D eigenvalue weighted by molar-refractivity contribution is 5.94. The van der Waals surface area contributed by atoms with Gasteiger partial charge in [-0.15, -0.1) is 0 Å². The summed E-state index contributed by atoms with van der Waals surface area (Å²) in [6, 6.07) is 17.5. The Kier molecular flexibility index (Phi) is 13.4. The van der Waals surface area contributed by atoms with E-state index in [1.165, 1.54) is 31.2 Å². The highest BCUT2D eigenvalue weighted by Crippen LogP contribution is 2.28. The molecule has 0 radical (unpaired) electrons. The van der Waals surface area contributed by atoms with E-state index in [1.54, 1.807) is 12.1 Å². The molecule has 2 aromatic carbocycles. The van der Waals surface area contributed by atoms with Crippen LogP contribution in [0.4, 0.5) is 23.5 Å². The number of rotatable bonds is 18. The molecule has 43 heavy (non-hydrogen) atoms. The molecule has 0 aliphatic heterocycles. The summed E-state index contributed by atoms with van der Waals surface area (Å²) in [6.07, 6.45) is 5.86. The molecule has 0 bridgehead atoms. The zero-order chi connectivity index (χ0) is 30.1. The van der Waals surface area contributed by atoms with Gasteiger partial charge >= 0.3 is 0 Å². The zero-order valence-corrected chi connectivity index (χ0v) is 25.2. The molecule has 1 heterocycles. The molecule has 0 spiro atoms. The van der Waals surface area contributed by atoms with Crippen LogP contribution in [0.15, 0.2) is 54.6 Å². The van der Waals surface area contributed by atoms with Gasteiger partial charge < -0.3 is 36.5 Å². The zero-order valence-electron chi connectivity index (χ0n) is 25.2. The fourth-order valence-electron chi connectivity index (χ4n) is 4.90. The summed E-state index contributed by atoms with van der Waals surface area (Å²) in [5.74, 6) is 2.76. The number of benzene rings is 2. The third kappa shape index (κ3) is 11.8. The summed E-state index contributed by atoms with van der Waals surface area (Å²) >= 11 is 0. The molecule has 11 nitrogen and oxygen atoms in total. The Balaban J connectivity index is 1.31. The molecule has 6 N–H and O–H groups in total. The molecule has 1 amide bonds. The second-order valence-corrected chi connectivity index (χ2v) is 10.9. The first-order valence-corrected chi connectivity index (χ1v) is 15.4. The van der Waals surface area contributed by atoms with Gasteiger partial charge in [-0.1, -0.05) is 50.1 Å². The van der Waals surface area contributed by atoms with Crippen LogP contribution < -0.4 is 27.0 Å². The van der Waals surface area contributed by atoms with Crippen molar-refractivity contribution >= 4 is 29.4 Å². The van der Waals surface area contributed by atoms with Crippen molar-refractivity contribution < 1.29 is 14.3 Å². The molecule has 0 atom stereocenters. The summed E-state index contributed by atoms with van der Waals surface area (Å²) in [4.78, 5) is 26.4. The molecule has 1 aliphatic rings. The molecule has 3 aromatic rings. The van der Waals surface area contributed by atoms with E-state index in [-0.39, 0.29) is 5.91 Å². The molecule has 232 valence electrons. The van der Waals surface area contributed by atoms with E-state index in [2.05, 4.69) is 55.3 Å². The van der Waals surface area contributed by atoms with Crippen molar-refractivity contribution in [2.24, 2.45) is 17.6 Å². The maximum Gasteiger partial charge on any atom is 0.251 e. The highest BCUT2D eigenvalue weighted by Gasteiger charge is 2.18. The van der Waals surface area contributed by atoms with E-state index < -0.39 is 0 Å². The number of anilines is 4. The number of hydrogen-bond acceptors (Lipinski definition) is 10. The van der Waals surface area contributed by atoms with Gasteiger partial charge in [-0.05, 0) is 60.9 Å². The van der Waals surface area contributed by atoms with Crippen LogP contribution in [-0.4, -0.2) is 73.5 Å². The summed E-state index contributed by atoms with van der Waals surface area (Å²) in [7, 11) is 0. The largest absolute Gasteiger partial charge is 0.378 e. The second kappa shape index (κ2) is 18.0. The van der Waals surface area contributed by atoms with Crippen LogP contribution >= 0.6 is 0 Å². The lowest BCUT2D eigenvalue weighted by Gasteiger charge is -2.26. The summed E-state index contributed by atoms with van der Waals surface area (Å²) in [6.45, 7) is 6.66. The Morgan fingerprint density at radius 3 is 2.21 bits per heavy atom. The predicted octanol–water partition coefficient (Wildman–Crippen LogP) is 4.23. The van der Waals surface area contributed by atoms with E-state index in [9.17, 15) is 4.79 Å². The third-order valence-corrected chi connectivity index (χ3v) is 7.43. The van der Waals surface area contributed by atoms with Crippen LogP contribution in [-0.2, 0) is 15.9 Å². The Morgan fingerprint density at radius 2 is 1.49 bits per heavy atom. The number of nitrogens with zero attached hydrogens (tertiary/aromatic N) is 3. The summed E-state index contributed by atoms with van der Waals surface area (Å²) < 4.78 is 10.7. The monoisotopic (exact) mass is 590 g/mol. The Morgan fingerprint density at radius 1 is 0.814 bits per heavy atom. The van der Waals surface area contributed by atoms with Crippen LogP contribution in [0.2, 0.25) is 0 Å². The number of ether oxygens (including phenoxy) is 2. The van der Waals surface area contributed by atoms with Gasteiger partial charge in [0.15, 0.2) is 0 Å². The van der Waals surface area contributed by atoms with Crippen molar-refractivity contribution in [3.05, 3.63) is 65.7 Å². The van der Waals surface area contributed by atoms with E-state index in [0.29, 0.717) is 75.4 Å². The molecule has 11 heteroatoms. The molecule has 1 saturated carbocycles. The number of aromatic nitrogens is 3. The Bertz CT molecular complexity index is 1220. The summed E-state index contributed by atoms with van der Waals surface area (Å²) in [5.41, 5.74) is 7.95. The number of carbonyl (C=O) groups is 1. The van der Waals surface area contributed by atoms with Crippen LogP contribution in [0, 0.1) is 11.8 Å². The Hall–Kier alpha value is -3.80. The normalized spacial score (nSPS) is 16.4. The molecule has 0 unspecified atom stereocenters. The molecular formula is C32H46N8O3. The van der Waals surface area contributed by atoms with Crippen LogP contribution in [0.5, 0.6) is 0 Å². The van der Waals surface area contributed by atoms with Gasteiger partial charge in [0, 0.05) is 37.4 Å². The van der Waals surface area contributed by atoms with Crippen LogP contribution in [0.1, 0.15) is 48.5 Å². The van der Waals surface area contributed by atoms with Gasteiger partial charge in [0.2, 0.25) is 17.8 Å². The van der Waals surface area contributed by atoms with Gasteiger partial charge in [0.05, 0.1) is 26.4 Å². The lowest BCUT2D eigenvalue weighted by molar-refractivity contribution is 0.0511. The minimum atomic E-state index is -0.164. The number of carbonyl (C=O) groups excluding carboxylic acids is 1. The van der Waals surface area contributed by atoms with E-state index in [1.807, 2.05) is 30.3 Å². The van der Waals surface area contributed by atoms with Gasteiger partial charge in [-0.3, -0.25) is 4.79 Å². The second-order valence-electron chi connectivity index (χ2n) is 10.9. The fourth-order valence-corrected chi connectivity index (χ4v) is 4.90. The third-order valence-electron chi connectivity index (χ3n) is 7.43. The standard InChI is InChI=1S/C32H46N8O3/c1-24-7-9-26(10-8-24)23-36-31-38-30(35-17-15-25-5-3-2-4-6-25)39-32(40-31)37-28-13-11-27(12-14-28)29(41)34-18-20-43-22-21-42-19-16-33/h2-6,11-14,24,26H,7-10,15-23,33H2,1H3,(H,34,41)(H3,35,36,37,38,39,40). The lowest BCUT2D eigenvalue weighted by atomic mass is 9.83. The lowest BCUT2D eigenvalue weighted by Crippen LogP contribution is -2.27. The van der Waals surface area contributed by atoms with Crippen LogP contribution in [0.25, 0.3) is 0 Å². The number of nitrogens with two attached hydrogens (primary N) is 1. The average molecular weight is 591 g/mol. The van der Waals surface area contributed by atoms with Crippen molar-refractivity contribution in [3.63, 3.8) is 0 Å². The summed E-state index contributed by atoms with van der Waals surface area (Å²) in [5, 5.41) is 12.9. The minimum absolute atomic E-state index is 0.164. The minimum Gasteiger partial charge on any atom is -0.378 e. The smallest absolute Gasteiger partial charge is 0.251 e. The molecule has 1 aliphatic carbocycles. The quantitative estimate of drug-likeness (QED) is 0.136. The molecule has 0 saturated heterocycles. The van der Waals surface area contributed by atoms with Crippen molar-refractivity contribution in [2.75, 3.05) is 68.6 Å². The first kappa shape index (κ1) is 32.1. The number of nitrogens with one attached hydrogen (secondary N) is 4. The van der Waals surface area contributed by atoms with Gasteiger partial charge in [-0.2, -0.15) is 15.0 Å². The van der Waals surface area contributed by atoms with E-state index in [4.69, 9.17) is 15.2 Å². The maximum atomic E-state index is 12.5. The van der Waals surface area contributed by atoms with Crippen molar-refractivity contribution in [3.8, 4) is 0 Å². The maximum absolute atomic E-state index is 12.5. The van der Waals surface area contributed by atoms with Crippen LogP contribution in [0.3, 0.4) is 0 Å². The van der Waals surface area contributed by atoms with Crippen molar-refractivity contribution in [1.82, 2.24) is 20.3 Å². The van der Waals surface area contributed by atoms with Crippen molar-refractivity contribution in [1.29, 1.82) is 0 Å².